The van der Waals surface area contributed by atoms with Crippen molar-refractivity contribution in [3.8, 4) is 0 Å². The van der Waals surface area contributed by atoms with E-state index in [1.54, 1.807) is 0 Å². The van der Waals surface area contributed by atoms with E-state index in [9.17, 15) is 0 Å². The highest BCUT2D eigenvalue weighted by Gasteiger charge is 2.27. The zero-order chi connectivity index (χ0) is 8.97. The molecular weight excluding hydrogens is 186 g/mol. The van der Waals surface area contributed by atoms with Crippen LogP contribution in [0.2, 0.25) is 0 Å². The maximum Gasteiger partial charge on any atom is 0.0824 e. The average Bonchev–Trinajstić information content (AvgIpc) is 2.88. The van der Waals surface area contributed by atoms with Crippen LogP contribution in [0.4, 0.5) is 0 Å². The average molecular weight is 208 g/mol. The smallest absolute Gasteiger partial charge is 0.0824 e. The Morgan fingerprint density at radius 1 is 1.31 bits per heavy atom. The minimum Gasteiger partial charge on any atom is -0.373 e. The van der Waals surface area contributed by atoms with Crippen molar-refractivity contribution in [2.45, 2.75) is 45.8 Å². The first-order valence-corrected chi connectivity index (χ1v) is 5.17. The molecule has 0 bridgehead atoms. The summed E-state index contributed by atoms with van der Waals surface area (Å²) in [5.74, 6) is 0. The Bertz CT molecular complexity index is 124. The lowest BCUT2D eigenvalue weighted by Gasteiger charge is -2.28. The molecule has 1 fully saturated rings. The molecular formula is C10H22ClNO. The fourth-order valence-corrected chi connectivity index (χ4v) is 1.82. The van der Waals surface area contributed by atoms with Gasteiger partial charge in [-0.25, -0.2) is 0 Å². The largest absolute Gasteiger partial charge is 0.373 e. The Labute approximate surface area is 88.0 Å². The highest BCUT2D eigenvalue weighted by atomic mass is 35.5. The second kappa shape index (κ2) is 6.63. The number of nitrogens with zero attached hydrogens (tertiary/aromatic N) is 1. The van der Waals surface area contributed by atoms with Gasteiger partial charge in [0.1, 0.15) is 0 Å². The van der Waals surface area contributed by atoms with E-state index in [1.807, 2.05) is 0 Å². The lowest BCUT2D eigenvalue weighted by molar-refractivity contribution is 0.187. The summed E-state index contributed by atoms with van der Waals surface area (Å²) in [6.45, 7) is 10.1. The standard InChI is InChI=1S/C10H21NO.ClH/c1-4-9(7-10-8-12-10)11(5-2)6-3;/h9-10H,4-8H2,1-3H3;1H. The normalized spacial score (nSPS) is 22.6. The molecule has 1 rings (SSSR count). The Morgan fingerprint density at radius 3 is 2.15 bits per heavy atom. The van der Waals surface area contributed by atoms with Gasteiger partial charge in [0, 0.05) is 6.04 Å². The summed E-state index contributed by atoms with van der Waals surface area (Å²) in [6.07, 6.45) is 3.07. The number of epoxide rings is 1. The van der Waals surface area contributed by atoms with Gasteiger partial charge in [-0.05, 0) is 25.9 Å². The van der Waals surface area contributed by atoms with Crippen molar-refractivity contribution in [3.63, 3.8) is 0 Å². The fraction of sp³-hybridized carbons (Fsp3) is 1.00. The Balaban J connectivity index is 0.00000144. The second-order valence-corrected chi connectivity index (χ2v) is 3.47. The third kappa shape index (κ3) is 4.30. The first-order chi connectivity index (χ1) is 5.81. The summed E-state index contributed by atoms with van der Waals surface area (Å²) < 4.78 is 5.25. The van der Waals surface area contributed by atoms with Crippen LogP contribution in [-0.2, 0) is 4.74 Å². The predicted molar refractivity (Wildman–Crippen MR) is 58.6 cm³/mol. The summed E-state index contributed by atoms with van der Waals surface area (Å²) in [5, 5.41) is 0. The number of rotatable bonds is 6. The van der Waals surface area contributed by atoms with Crippen LogP contribution in [0.5, 0.6) is 0 Å². The topological polar surface area (TPSA) is 15.8 Å². The van der Waals surface area contributed by atoms with E-state index in [-0.39, 0.29) is 12.4 Å². The SMILES string of the molecule is CCC(CC1CO1)N(CC)CC.Cl. The Kier molecular flexibility index (Phi) is 6.74. The highest BCUT2D eigenvalue weighted by molar-refractivity contribution is 5.85. The van der Waals surface area contributed by atoms with Crippen LogP contribution in [0.3, 0.4) is 0 Å². The number of hydrogen-bond acceptors (Lipinski definition) is 2. The lowest BCUT2D eigenvalue weighted by atomic mass is 10.1. The van der Waals surface area contributed by atoms with E-state index in [2.05, 4.69) is 25.7 Å². The summed E-state index contributed by atoms with van der Waals surface area (Å²) in [7, 11) is 0. The quantitative estimate of drug-likeness (QED) is 0.622. The molecule has 2 atom stereocenters. The van der Waals surface area contributed by atoms with E-state index in [0.717, 1.165) is 12.6 Å². The van der Waals surface area contributed by atoms with Crippen molar-refractivity contribution in [1.82, 2.24) is 4.90 Å². The summed E-state index contributed by atoms with van der Waals surface area (Å²) in [6, 6.07) is 0.743. The van der Waals surface area contributed by atoms with Crippen LogP contribution < -0.4 is 0 Å². The van der Waals surface area contributed by atoms with Crippen LogP contribution in [0, 0.1) is 0 Å². The minimum atomic E-state index is 0. The van der Waals surface area contributed by atoms with Crippen LogP contribution in [-0.4, -0.2) is 36.7 Å². The van der Waals surface area contributed by atoms with Crippen molar-refractivity contribution in [1.29, 1.82) is 0 Å². The van der Waals surface area contributed by atoms with E-state index in [1.165, 1.54) is 25.9 Å². The zero-order valence-corrected chi connectivity index (χ0v) is 9.77. The van der Waals surface area contributed by atoms with Crippen molar-refractivity contribution < 1.29 is 4.74 Å². The van der Waals surface area contributed by atoms with Gasteiger partial charge in [0.15, 0.2) is 0 Å². The van der Waals surface area contributed by atoms with Gasteiger partial charge in [-0.1, -0.05) is 20.8 Å². The van der Waals surface area contributed by atoms with Gasteiger partial charge in [0.05, 0.1) is 12.7 Å². The molecule has 0 N–H and O–H groups in total. The van der Waals surface area contributed by atoms with Gasteiger partial charge in [0.2, 0.25) is 0 Å². The van der Waals surface area contributed by atoms with Crippen molar-refractivity contribution in [2.24, 2.45) is 0 Å². The highest BCUT2D eigenvalue weighted by Crippen LogP contribution is 2.20. The predicted octanol–water partition coefficient (Wildman–Crippen LogP) is 2.32. The summed E-state index contributed by atoms with van der Waals surface area (Å²) in [5.41, 5.74) is 0. The molecule has 2 unspecified atom stereocenters. The van der Waals surface area contributed by atoms with Gasteiger partial charge < -0.3 is 9.64 Å². The van der Waals surface area contributed by atoms with Gasteiger partial charge in [-0.2, -0.15) is 0 Å². The lowest BCUT2D eigenvalue weighted by Crippen LogP contribution is -2.35. The van der Waals surface area contributed by atoms with Gasteiger partial charge >= 0.3 is 0 Å². The molecule has 3 heteroatoms. The molecule has 0 spiro atoms. The van der Waals surface area contributed by atoms with Gasteiger partial charge in [-0.15, -0.1) is 12.4 Å². The van der Waals surface area contributed by atoms with E-state index in [4.69, 9.17) is 4.74 Å². The van der Waals surface area contributed by atoms with Crippen molar-refractivity contribution in [2.75, 3.05) is 19.7 Å². The summed E-state index contributed by atoms with van der Waals surface area (Å²) in [4.78, 5) is 2.53. The molecule has 0 radical (unpaired) electrons. The molecule has 1 saturated heterocycles. The summed E-state index contributed by atoms with van der Waals surface area (Å²) >= 11 is 0. The first kappa shape index (κ1) is 13.2. The molecule has 0 amide bonds. The van der Waals surface area contributed by atoms with Crippen LogP contribution in [0.25, 0.3) is 0 Å². The zero-order valence-electron chi connectivity index (χ0n) is 8.95. The second-order valence-electron chi connectivity index (χ2n) is 3.47. The molecule has 1 aliphatic heterocycles. The molecule has 2 nitrogen and oxygen atoms in total. The molecule has 0 aliphatic carbocycles. The number of halogens is 1. The fourth-order valence-electron chi connectivity index (χ4n) is 1.82. The Hall–Kier alpha value is 0.210. The monoisotopic (exact) mass is 207 g/mol. The van der Waals surface area contributed by atoms with Crippen LogP contribution in [0.15, 0.2) is 0 Å². The van der Waals surface area contributed by atoms with Gasteiger partial charge in [0.25, 0.3) is 0 Å². The minimum absolute atomic E-state index is 0. The third-order valence-corrected chi connectivity index (χ3v) is 2.74. The molecule has 0 aromatic heterocycles. The van der Waals surface area contributed by atoms with Crippen molar-refractivity contribution in [3.05, 3.63) is 0 Å². The third-order valence-electron chi connectivity index (χ3n) is 2.74. The molecule has 0 aromatic carbocycles. The number of hydrogen-bond donors (Lipinski definition) is 0. The molecule has 0 saturated carbocycles. The van der Waals surface area contributed by atoms with Crippen LogP contribution >= 0.6 is 12.4 Å². The Morgan fingerprint density at radius 2 is 1.85 bits per heavy atom. The molecule has 0 aromatic rings. The van der Waals surface area contributed by atoms with E-state index >= 15 is 0 Å². The molecule has 13 heavy (non-hydrogen) atoms. The first-order valence-electron chi connectivity index (χ1n) is 5.17. The maximum absolute atomic E-state index is 5.25. The van der Waals surface area contributed by atoms with E-state index in [0.29, 0.717) is 6.10 Å². The van der Waals surface area contributed by atoms with Gasteiger partial charge in [-0.3, -0.25) is 0 Å². The maximum atomic E-state index is 5.25. The van der Waals surface area contributed by atoms with Crippen LogP contribution in [0.1, 0.15) is 33.6 Å². The van der Waals surface area contributed by atoms with Crippen molar-refractivity contribution >= 4 is 12.4 Å². The molecule has 1 heterocycles. The molecule has 1 aliphatic rings. The van der Waals surface area contributed by atoms with E-state index < -0.39 is 0 Å². The molecule has 80 valence electrons. The number of ether oxygens (including phenoxy) is 1.